The number of aryl methyl sites for hydroxylation is 2. The molecule has 0 aliphatic heterocycles. The molecule has 0 atom stereocenters. The van der Waals surface area contributed by atoms with Crippen LogP contribution < -0.4 is 5.32 Å². The van der Waals surface area contributed by atoms with Crippen molar-refractivity contribution in [1.29, 1.82) is 0 Å². The Morgan fingerprint density at radius 3 is 2.90 bits per heavy atom. The van der Waals surface area contributed by atoms with Crippen molar-refractivity contribution in [2.24, 2.45) is 5.92 Å². The summed E-state index contributed by atoms with van der Waals surface area (Å²) in [5.74, 6) is 0.511. The number of amides is 1. The van der Waals surface area contributed by atoms with Crippen LogP contribution in [0, 0.1) is 12.8 Å². The van der Waals surface area contributed by atoms with E-state index in [0.717, 1.165) is 47.0 Å². The van der Waals surface area contributed by atoms with E-state index in [1.165, 1.54) is 5.56 Å². The van der Waals surface area contributed by atoms with Gasteiger partial charge in [0.1, 0.15) is 0 Å². The fourth-order valence-electron chi connectivity index (χ4n) is 3.02. The fraction of sp³-hybridized carbons (Fsp3) is 0.444. The fourth-order valence-corrected chi connectivity index (χ4v) is 3.02. The van der Waals surface area contributed by atoms with Crippen LogP contribution in [0.25, 0.3) is 10.9 Å². The van der Waals surface area contributed by atoms with Crippen molar-refractivity contribution in [3.8, 4) is 0 Å². The predicted octanol–water partition coefficient (Wildman–Crippen LogP) is 3.42. The normalized spacial score (nSPS) is 13.7. The van der Waals surface area contributed by atoms with Gasteiger partial charge in [-0.25, -0.2) is 0 Å². The molecule has 0 spiro atoms. The van der Waals surface area contributed by atoms with E-state index in [9.17, 15) is 4.79 Å². The minimum Gasteiger partial charge on any atom is -0.352 e. The number of hydrogen-bond donors (Lipinski definition) is 1. The number of carbonyl (C=O) groups is 1. The van der Waals surface area contributed by atoms with Crippen LogP contribution in [0.5, 0.6) is 0 Å². The Labute approximate surface area is 125 Å². The lowest BCUT2D eigenvalue weighted by Crippen LogP contribution is -2.28. The molecule has 1 aromatic heterocycles. The molecule has 0 unspecified atom stereocenters. The van der Waals surface area contributed by atoms with Gasteiger partial charge in [-0.15, -0.1) is 0 Å². The quantitative estimate of drug-likeness (QED) is 0.937. The topological polar surface area (TPSA) is 42.0 Å². The molecule has 0 fully saturated rings. The van der Waals surface area contributed by atoms with E-state index in [-0.39, 0.29) is 5.91 Å². The van der Waals surface area contributed by atoms with Gasteiger partial charge in [0.25, 0.3) is 5.91 Å². The van der Waals surface area contributed by atoms with Crippen LogP contribution in [0.15, 0.2) is 18.2 Å². The van der Waals surface area contributed by atoms with Gasteiger partial charge in [-0.2, -0.15) is 0 Å². The summed E-state index contributed by atoms with van der Waals surface area (Å²) in [7, 11) is 0. The number of nitrogens with zero attached hydrogens (tertiary/aromatic N) is 1. The average molecular weight is 282 g/mol. The first-order valence-electron chi connectivity index (χ1n) is 7.76. The molecule has 110 valence electrons. The third-order valence-electron chi connectivity index (χ3n) is 4.07. The van der Waals surface area contributed by atoms with Gasteiger partial charge in [0.2, 0.25) is 0 Å². The van der Waals surface area contributed by atoms with E-state index in [2.05, 4.69) is 38.2 Å². The first kappa shape index (κ1) is 14.1. The SMILES string of the molecule is Cc1ccc2nc3c(c(C(=O)NCC(C)C)c2c1)CCC3. The summed E-state index contributed by atoms with van der Waals surface area (Å²) in [6, 6.07) is 6.18. The monoisotopic (exact) mass is 282 g/mol. The molecule has 3 nitrogen and oxygen atoms in total. The first-order valence-corrected chi connectivity index (χ1v) is 7.76. The van der Waals surface area contributed by atoms with Crippen LogP contribution in [0.4, 0.5) is 0 Å². The molecule has 0 radical (unpaired) electrons. The van der Waals surface area contributed by atoms with Crippen molar-refractivity contribution in [1.82, 2.24) is 10.3 Å². The lowest BCUT2D eigenvalue weighted by Gasteiger charge is -2.14. The molecule has 0 saturated carbocycles. The van der Waals surface area contributed by atoms with Gasteiger partial charge in [-0.05, 0) is 49.8 Å². The Balaban J connectivity index is 2.14. The number of benzene rings is 1. The smallest absolute Gasteiger partial charge is 0.252 e. The van der Waals surface area contributed by atoms with Crippen LogP contribution in [0.2, 0.25) is 0 Å². The summed E-state index contributed by atoms with van der Waals surface area (Å²) in [4.78, 5) is 17.5. The number of fused-ring (bicyclic) bond motifs is 2. The minimum absolute atomic E-state index is 0.0554. The van der Waals surface area contributed by atoms with Gasteiger partial charge in [0.15, 0.2) is 0 Å². The highest BCUT2D eigenvalue weighted by molar-refractivity contribution is 6.08. The molecule has 1 heterocycles. The maximum atomic E-state index is 12.7. The van der Waals surface area contributed by atoms with Crippen molar-refractivity contribution >= 4 is 16.8 Å². The second kappa shape index (κ2) is 5.47. The molecule has 2 aromatic rings. The van der Waals surface area contributed by atoms with E-state index in [0.29, 0.717) is 12.5 Å². The molecule has 0 bridgehead atoms. The largest absolute Gasteiger partial charge is 0.352 e. The Kier molecular flexibility index (Phi) is 3.66. The van der Waals surface area contributed by atoms with E-state index >= 15 is 0 Å². The second-order valence-electron chi connectivity index (χ2n) is 6.39. The number of nitrogens with one attached hydrogen (secondary N) is 1. The van der Waals surface area contributed by atoms with Crippen LogP contribution in [0.3, 0.4) is 0 Å². The molecule has 21 heavy (non-hydrogen) atoms. The number of aromatic nitrogens is 1. The predicted molar refractivity (Wildman–Crippen MR) is 85.7 cm³/mol. The molecular weight excluding hydrogens is 260 g/mol. The number of hydrogen-bond acceptors (Lipinski definition) is 2. The van der Waals surface area contributed by atoms with Crippen LogP contribution >= 0.6 is 0 Å². The lowest BCUT2D eigenvalue weighted by molar-refractivity contribution is 0.0949. The van der Waals surface area contributed by atoms with Crippen molar-refractivity contribution < 1.29 is 4.79 Å². The molecule has 1 N–H and O–H groups in total. The zero-order valence-corrected chi connectivity index (χ0v) is 13.0. The summed E-state index contributed by atoms with van der Waals surface area (Å²) in [5, 5.41) is 4.07. The third kappa shape index (κ3) is 2.65. The molecule has 3 heteroatoms. The highest BCUT2D eigenvalue weighted by Crippen LogP contribution is 2.30. The van der Waals surface area contributed by atoms with Gasteiger partial charge >= 0.3 is 0 Å². The highest BCUT2D eigenvalue weighted by Gasteiger charge is 2.23. The number of pyridine rings is 1. The van der Waals surface area contributed by atoms with Crippen molar-refractivity contribution in [3.63, 3.8) is 0 Å². The molecule has 1 aliphatic rings. The van der Waals surface area contributed by atoms with Crippen LogP contribution in [-0.2, 0) is 12.8 Å². The van der Waals surface area contributed by atoms with E-state index in [1.807, 2.05) is 6.07 Å². The third-order valence-corrected chi connectivity index (χ3v) is 4.07. The zero-order valence-electron chi connectivity index (χ0n) is 13.0. The lowest BCUT2D eigenvalue weighted by atomic mass is 9.99. The number of carbonyl (C=O) groups excluding carboxylic acids is 1. The van der Waals surface area contributed by atoms with Crippen molar-refractivity contribution in [2.45, 2.75) is 40.0 Å². The second-order valence-corrected chi connectivity index (χ2v) is 6.39. The highest BCUT2D eigenvalue weighted by atomic mass is 16.1. The summed E-state index contributed by atoms with van der Waals surface area (Å²) >= 11 is 0. The summed E-state index contributed by atoms with van der Waals surface area (Å²) in [6.45, 7) is 6.99. The maximum absolute atomic E-state index is 12.7. The molecule has 3 rings (SSSR count). The summed E-state index contributed by atoms with van der Waals surface area (Å²) < 4.78 is 0. The number of rotatable bonds is 3. The standard InChI is InChI=1S/C18H22N2O/c1-11(2)10-19-18(21)17-13-5-4-6-15(13)20-16-8-7-12(3)9-14(16)17/h7-9,11H,4-6,10H2,1-3H3,(H,19,21). The van der Waals surface area contributed by atoms with Crippen LogP contribution in [0.1, 0.15) is 47.4 Å². The average Bonchev–Trinajstić information content (AvgIpc) is 2.90. The minimum atomic E-state index is 0.0554. The maximum Gasteiger partial charge on any atom is 0.252 e. The summed E-state index contributed by atoms with van der Waals surface area (Å²) in [6.07, 6.45) is 3.06. The molecule has 1 amide bonds. The first-order chi connectivity index (χ1) is 10.1. The van der Waals surface area contributed by atoms with Gasteiger partial charge in [-0.1, -0.05) is 25.5 Å². The summed E-state index contributed by atoms with van der Waals surface area (Å²) in [5.41, 5.74) is 5.24. The molecular formula is C18H22N2O. The van der Waals surface area contributed by atoms with E-state index in [1.54, 1.807) is 0 Å². The molecule has 0 saturated heterocycles. The van der Waals surface area contributed by atoms with Gasteiger partial charge < -0.3 is 5.32 Å². The van der Waals surface area contributed by atoms with Crippen LogP contribution in [-0.4, -0.2) is 17.4 Å². The Morgan fingerprint density at radius 1 is 1.33 bits per heavy atom. The Bertz CT molecular complexity index is 704. The van der Waals surface area contributed by atoms with Gasteiger partial charge in [0.05, 0.1) is 11.1 Å². The molecule has 1 aliphatic carbocycles. The van der Waals surface area contributed by atoms with E-state index in [4.69, 9.17) is 4.98 Å². The van der Waals surface area contributed by atoms with Gasteiger partial charge in [0, 0.05) is 17.6 Å². The Morgan fingerprint density at radius 2 is 2.14 bits per heavy atom. The van der Waals surface area contributed by atoms with Crippen molar-refractivity contribution in [3.05, 3.63) is 40.6 Å². The zero-order chi connectivity index (χ0) is 15.0. The van der Waals surface area contributed by atoms with E-state index < -0.39 is 0 Å². The molecule has 1 aromatic carbocycles. The van der Waals surface area contributed by atoms with Crippen molar-refractivity contribution in [2.75, 3.05) is 6.54 Å². The Hall–Kier alpha value is -1.90. The van der Waals surface area contributed by atoms with Gasteiger partial charge in [-0.3, -0.25) is 9.78 Å².